The number of carbonyl (C=O) groups is 2. The van der Waals surface area contributed by atoms with Crippen molar-refractivity contribution in [3.05, 3.63) is 35.4 Å². The maximum Gasteiger partial charge on any atom is 0.328 e. The van der Waals surface area contributed by atoms with Crippen LogP contribution in [0, 0.1) is 0 Å². The van der Waals surface area contributed by atoms with Crippen molar-refractivity contribution in [1.29, 1.82) is 0 Å². The van der Waals surface area contributed by atoms with Crippen molar-refractivity contribution in [1.82, 2.24) is 5.32 Å². The third kappa shape index (κ3) is 3.54. The number of aliphatic hydroxyl groups is 1. The monoisotopic (exact) mass is 238 g/mol. The summed E-state index contributed by atoms with van der Waals surface area (Å²) in [5.41, 5.74) is 6.60. The number of carboxylic acid groups (broad SMARTS) is 1. The number of hydrogen-bond acceptors (Lipinski definition) is 4. The molecule has 0 unspecified atom stereocenters. The van der Waals surface area contributed by atoms with Gasteiger partial charge in [0.25, 0.3) is 5.91 Å². The normalized spacial score (nSPS) is 11.9. The smallest absolute Gasteiger partial charge is 0.328 e. The van der Waals surface area contributed by atoms with Gasteiger partial charge >= 0.3 is 5.97 Å². The number of amides is 1. The van der Waals surface area contributed by atoms with Gasteiger partial charge in [0.1, 0.15) is 0 Å². The molecule has 1 aromatic carbocycles. The van der Waals surface area contributed by atoms with E-state index in [2.05, 4.69) is 5.32 Å². The first-order valence-corrected chi connectivity index (χ1v) is 5.02. The van der Waals surface area contributed by atoms with Gasteiger partial charge in [0.2, 0.25) is 0 Å². The Labute approximate surface area is 98.1 Å². The van der Waals surface area contributed by atoms with Crippen LogP contribution >= 0.6 is 0 Å². The molecule has 0 saturated carbocycles. The van der Waals surface area contributed by atoms with Crippen LogP contribution in [0.1, 0.15) is 15.9 Å². The Morgan fingerprint density at radius 3 is 2.29 bits per heavy atom. The number of nitrogens with one attached hydrogen (secondary N) is 1. The van der Waals surface area contributed by atoms with Gasteiger partial charge in [-0.25, -0.2) is 4.79 Å². The molecule has 0 aliphatic heterocycles. The fourth-order valence-electron chi connectivity index (χ4n) is 1.22. The summed E-state index contributed by atoms with van der Waals surface area (Å²) in [5, 5.41) is 19.6. The van der Waals surface area contributed by atoms with Crippen molar-refractivity contribution in [2.75, 3.05) is 6.61 Å². The summed E-state index contributed by atoms with van der Waals surface area (Å²) in [7, 11) is 0. The lowest BCUT2D eigenvalue weighted by Crippen LogP contribution is -2.43. The van der Waals surface area contributed by atoms with E-state index in [1.165, 1.54) is 0 Å². The topological polar surface area (TPSA) is 113 Å². The van der Waals surface area contributed by atoms with Crippen LogP contribution in [0.25, 0.3) is 0 Å². The van der Waals surface area contributed by atoms with E-state index in [1.807, 2.05) is 0 Å². The molecule has 0 saturated heterocycles. The van der Waals surface area contributed by atoms with Crippen molar-refractivity contribution in [3.63, 3.8) is 0 Å². The number of aliphatic carboxylic acids is 1. The Kier molecular flexibility index (Phi) is 4.62. The van der Waals surface area contributed by atoms with E-state index in [4.69, 9.17) is 15.9 Å². The molecule has 1 aromatic rings. The van der Waals surface area contributed by atoms with Gasteiger partial charge in [0.15, 0.2) is 6.04 Å². The fraction of sp³-hybridized carbons (Fsp3) is 0.273. The standard InChI is InChI=1S/C11H14N2O4/c12-5-7-1-3-8(4-2-7)10(15)13-9(6-14)11(16)17/h1-4,9,14H,5-6,12H2,(H,13,15)(H,16,17)/t9-/m0/s1. The van der Waals surface area contributed by atoms with E-state index >= 15 is 0 Å². The van der Waals surface area contributed by atoms with Crippen LogP contribution < -0.4 is 11.1 Å². The van der Waals surface area contributed by atoms with Crippen molar-refractivity contribution in [3.8, 4) is 0 Å². The van der Waals surface area contributed by atoms with E-state index in [0.29, 0.717) is 12.1 Å². The maximum absolute atomic E-state index is 11.6. The lowest BCUT2D eigenvalue weighted by Gasteiger charge is -2.11. The highest BCUT2D eigenvalue weighted by molar-refractivity contribution is 5.96. The highest BCUT2D eigenvalue weighted by Gasteiger charge is 2.19. The summed E-state index contributed by atoms with van der Waals surface area (Å²) < 4.78 is 0. The van der Waals surface area contributed by atoms with Crippen molar-refractivity contribution < 1.29 is 19.8 Å². The molecule has 6 heteroatoms. The quantitative estimate of drug-likeness (QED) is 0.543. The first-order valence-electron chi connectivity index (χ1n) is 5.02. The van der Waals surface area contributed by atoms with Gasteiger partial charge in [-0.05, 0) is 17.7 Å². The summed E-state index contributed by atoms with van der Waals surface area (Å²) >= 11 is 0. The molecule has 1 amide bonds. The molecule has 0 spiro atoms. The minimum Gasteiger partial charge on any atom is -0.480 e. The molecule has 0 bridgehead atoms. The average molecular weight is 238 g/mol. The third-order valence-electron chi connectivity index (χ3n) is 2.24. The minimum atomic E-state index is -1.29. The summed E-state index contributed by atoms with van der Waals surface area (Å²) in [6, 6.07) is 5.17. The van der Waals surface area contributed by atoms with Crippen molar-refractivity contribution in [2.24, 2.45) is 5.73 Å². The van der Waals surface area contributed by atoms with Crippen LogP contribution in [0.15, 0.2) is 24.3 Å². The van der Waals surface area contributed by atoms with Crippen LogP contribution in [0.3, 0.4) is 0 Å². The molecule has 0 aliphatic rings. The second-order valence-electron chi connectivity index (χ2n) is 3.45. The van der Waals surface area contributed by atoms with Gasteiger partial charge in [0.05, 0.1) is 6.61 Å². The molecule has 0 aliphatic carbocycles. The van der Waals surface area contributed by atoms with Gasteiger partial charge < -0.3 is 21.3 Å². The molecule has 0 fully saturated rings. The van der Waals surface area contributed by atoms with E-state index in [1.54, 1.807) is 24.3 Å². The Morgan fingerprint density at radius 2 is 1.88 bits per heavy atom. The van der Waals surface area contributed by atoms with Crippen LogP contribution in [0.4, 0.5) is 0 Å². The maximum atomic E-state index is 11.6. The predicted molar refractivity (Wildman–Crippen MR) is 60.3 cm³/mol. The number of aliphatic hydroxyl groups excluding tert-OH is 1. The Hall–Kier alpha value is -1.92. The van der Waals surface area contributed by atoms with Crippen LogP contribution in [-0.2, 0) is 11.3 Å². The predicted octanol–water partition coefficient (Wildman–Crippen LogP) is -0.679. The lowest BCUT2D eigenvalue weighted by atomic mass is 10.1. The molecule has 0 radical (unpaired) electrons. The Morgan fingerprint density at radius 1 is 1.29 bits per heavy atom. The molecular weight excluding hydrogens is 224 g/mol. The van der Waals surface area contributed by atoms with Gasteiger partial charge in [-0.1, -0.05) is 12.1 Å². The third-order valence-corrected chi connectivity index (χ3v) is 2.24. The Balaban J connectivity index is 2.72. The van der Waals surface area contributed by atoms with E-state index in [-0.39, 0.29) is 0 Å². The molecule has 6 nitrogen and oxygen atoms in total. The SMILES string of the molecule is NCc1ccc(C(=O)N[C@@H](CO)C(=O)O)cc1. The van der Waals surface area contributed by atoms with Gasteiger partial charge in [-0.2, -0.15) is 0 Å². The highest BCUT2D eigenvalue weighted by atomic mass is 16.4. The molecule has 5 N–H and O–H groups in total. The van der Waals surface area contributed by atoms with Crippen molar-refractivity contribution in [2.45, 2.75) is 12.6 Å². The van der Waals surface area contributed by atoms with Crippen LogP contribution in [0.5, 0.6) is 0 Å². The first kappa shape index (κ1) is 13.1. The second kappa shape index (κ2) is 5.97. The number of carboxylic acids is 1. The minimum absolute atomic E-state index is 0.321. The molecule has 17 heavy (non-hydrogen) atoms. The van der Waals surface area contributed by atoms with Crippen LogP contribution in [0.2, 0.25) is 0 Å². The van der Waals surface area contributed by atoms with Gasteiger partial charge in [0, 0.05) is 12.1 Å². The van der Waals surface area contributed by atoms with Crippen molar-refractivity contribution >= 4 is 11.9 Å². The fourth-order valence-corrected chi connectivity index (χ4v) is 1.22. The van der Waals surface area contributed by atoms with E-state index in [9.17, 15) is 9.59 Å². The molecular formula is C11H14N2O4. The molecule has 1 atom stereocenters. The number of rotatable bonds is 5. The van der Waals surface area contributed by atoms with Gasteiger partial charge in [-0.15, -0.1) is 0 Å². The van der Waals surface area contributed by atoms with Crippen LogP contribution in [-0.4, -0.2) is 34.7 Å². The summed E-state index contributed by atoms with van der Waals surface area (Å²) in [4.78, 5) is 22.2. The lowest BCUT2D eigenvalue weighted by molar-refractivity contribution is -0.140. The van der Waals surface area contributed by atoms with E-state index in [0.717, 1.165) is 5.56 Å². The number of carbonyl (C=O) groups excluding carboxylic acids is 1. The summed E-state index contributed by atoms with van der Waals surface area (Å²) in [5.74, 6) is -1.82. The zero-order valence-electron chi connectivity index (χ0n) is 9.09. The summed E-state index contributed by atoms with van der Waals surface area (Å²) in [6.07, 6.45) is 0. The largest absolute Gasteiger partial charge is 0.480 e. The molecule has 0 heterocycles. The Bertz CT molecular complexity index is 402. The molecule has 92 valence electrons. The number of nitrogens with two attached hydrogens (primary N) is 1. The number of hydrogen-bond donors (Lipinski definition) is 4. The second-order valence-corrected chi connectivity index (χ2v) is 3.45. The zero-order valence-corrected chi connectivity index (χ0v) is 9.09. The molecule has 1 rings (SSSR count). The first-order chi connectivity index (χ1) is 8.08. The van der Waals surface area contributed by atoms with E-state index < -0.39 is 24.5 Å². The molecule has 0 aromatic heterocycles. The average Bonchev–Trinajstić information content (AvgIpc) is 2.35. The highest BCUT2D eigenvalue weighted by Crippen LogP contribution is 2.04. The number of benzene rings is 1. The van der Waals surface area contributed by atoms with Gasteiger partial charge in [-0.3, -0.25) is 4.79 Å². The zero-order chi connectivity index (χ0) is 12.8. The summed E-state index contributed by atoms with van der Waals surface area (Å²) in [6.45, 7) is -0.280.